The quantitative estimate of drug-likeness (QED) is 0.761. The van der Waals surface area contributed by atoms with Gasteiger partial charge in [-0.15, -0.1) is 0 Å². The van der Waals surface area contributed by atoms with Gasteiger partial charge in [0.2, 0.25) is 5.89 Å². The molecule has 3 aromatic rings. The zero-order chi connectivity index (χ0) is 18.0. The van der Waals surface area contributed by atoms with Crippen LogP contribution in [0.3, 0.4) is 0 Å². The van der Waals surface area contributed by atoms with Crippen molar-refractivity contribution in [2.45, 2.75) is 26.8 Å². The standard InChI is InChI=1S/C18H21N5O2/c1-11-5-6-15(7-16(11)17-20-12(2)10-25-17)22-18(24)21-13(3)14-8-19-23(4)9-14/h5-10,13H,1-4H3,(H2,21,22,24)/t13-/m1/s1. The molecular formula is C18H21N5O2. The van der Waals surface area contributed by atoms with E-state index < -0.39 is 0 Å². The van der Waals surface area contributed by atoms with Gasteiger partial charge in [0.25, 0.3) is 0 Å². The van der Waals surface area contributed by atoms with Crippen LogP contribution >= 0.6 is 0 Å². The molecule has 1 atom stereocenters. The van der Waals surface area contributed by atoms with Crippen LogP contribution in [-0.4, -0.2) is 20.8 Å². The molecule has 7 nitrogen and oxygen atoms in total. The van der Waals surface area contributed by atoms with E-state index >= 15 is 0 Å². The first-order chi connectivity index (χ1) is 11.9. The first-order valence-electron chi connectivity index (χ1n) is 8.01. The van der Waals surface area contributed by atoms with E-state index in [9.17, 15) is 4.79 Å². The summed E-state index contributed by atoms with van der Waals surface area (Å²) in [5.74, 6) is 0.544. The molecule has 0 aliphatic rings. The topological polar surface area (TPSA) is 85.0 Å². The normalized spacial score (nSPS) is 12.0. The predicted molar refractivity (Wildman–Crippen MR) is 95.2 cm³/mol. The largest absolute Gasteiger partial charge is 0.444 e. The van der Waals surface area contributed by atoms with Gasteiger partial charge in [0.1, 0.15) is 6.26 Å². The third-order valence-corrected chi connectivity index (χ3v) is 3.92. The van der Waals surface area contributed by atoms with Gasteiger partial charge < -0.3 is 15.1 Å². The average molecular weight is 339 g/mol. The molecular weight excluding hydrogens is 318 g/mol. The van der Waals surface area contributed by atoms with Gasteiger partial charge in [0, 0.05) is 30.1 Å². The van der Waals surface area contributed by atoms with Crippen molar-refractivity contribution in [3.8, 4) is 11.5 Å². The maximum Gasteiger partial charge on any atom is 0.319 e. The monoisotopic (exact) mass is 339 g/mol. The van der Waals surface area contributed by atoms with E-state index in [1.807, 2.05) is 52.2 Å². The highest BCUT2D eigenvalue weighted by Crippen LogP contribution is 2.26. The lowest BCUT2D eigenvalue weighted by Crippen LogP contribution is -2.31. The zero-order valence-electron chi connectivity index (χ0n) is 14.7. The van der Waals surface area contributed by atoms with Crippen molar-refractivity contribution in [1.29, 1.82) is 0 Å². The van der Waals surface area contributed by atoms with Crippen molar-refractivity contribution in [3.63, 3.8) is 0 Å². The lowest BCUT2D eigenvalue weighted by Gasteiger charge is -2.14. The molecule has 25 heavy (non-hydrogen) atoms. The van der Waals surface area contributed by atoms with Crippen LogP contribution in [0.2, 0.25) is 0 Å². The Morgan fingerprint density at radius 2 is 2.12 bits per heavy atom. The molecule has 2 N–H and O–H groups in total. The Labute approximate surface area is 146 Å². The number of aromatic nitrogens is 3. The molecule has 1 aromatic carbocycles. The van der Waals surface area contributed by atoms with E-state index in [-0.39, 0.29) is 12.1 Å². The van der Waals surface area contributed by atoms with E-state index in [0.29, 0.717) is 11.6 Å². The summed E-state index contributed by atoms with van der Waals surface area (Å²) < 4.78 is 7.17. The molecule has 0 spiro atoms. The third kappa shape index (κ3) is 3.88. The Kier molecular flexibility index (Phi) is 4.56. The van der Waals surface area contributed by atoms with Crippen LogP contribution in [-0.2, 0) is 7.05 Å². The number of aryl methyl sites for hydroxylation is 3. The summed E-state index contributed by atoms with van der Waals surface area (Å²) in [6, 6.07) is 5.20. The third-order valence-electron chi connectivity index (χ3n) is 3.92. The van der Waals surface area contributed by atoms with Crippen LogP contribution in [0.5, 0.6) is 0 Å². The van der Waals surface area contributed by atoms with Crippen molar-refractivity contribution in [2.75, 3.05) is 5.32 Å². The molecule has 0 unspecified atom stereocenters. The molecule has 130 valence electrons. The molecule has 0 radical (unpaired) electrons. The van der Waals surface area contributed by atoms with Crippen LogP contribution < -0.4 is 10.6 Å². The molecule has 0 bridgehead atoms. The summed E-state index contributed by atoms with van der Waals surface area (Å²) in [4.78, 5) is 16.6. The van der Waals surface area contributed by atoms with Crippen molar-refractivity contribution >= 4 is 11.7 Å². The van der Waals surface area contributed by atoms with Gasteiger partial charge in [-0.25, -0.2) is 9.78 Å². The minimum absolute atomic E-state index is 0.145. The van der Waals surface area contributed by atoms with Crippen molar-refractivity contribution in [2.24, 2.45) is 7.05 Å². The van der Waals surface area contributed by atoms with E-state index in [2.05, 4.69) is 20.7 Å². The number of anilines is 1. The maximum absolute atomic E-state index is 12.3. The van der Waals surface area contributed by atoms with Crippen LogP contribution in [0.25, 0.3) is 11.5 Å². The number of nitrogens with one attached hydrogen (secondary N) is 2. The van der Waals surface area contributed by atoms with E-state index in [1.54, 1.807) is 17.1 Å². The fourth-order valence-corrected chi connectivity index (χ4v) is 2.52. The Morgan fingerprint density at radius 1 is 1.32 bits per heavy atom. The number of nitrogens with zero attached hydrogens (tertiary/aromatic N) is 3. The summed E-state index contributed by atoms with van der Waals surface area (Å²) >= 11 is 0. The van der Waals surface area contributed by atoms with Gasteiger partial charge in [0.05, 0.1) is 17.9 Å². The van der Waals surface area contributed by atoms with Crippen LogP contribution in [0, 0.1) is 13.8 Å². The van der Waals surface area contributed by atoms with Gasteiger partial charge in [0.15, 0.2) is 0 Å². The minimum Gasteiger partial charge on any atom is -0.444 e. The number of rotatable bonds is 4. The lowest BCUT2D eigenvalue weighted by molar-refractivity contribution is 0.249. The number of carbonyl (C=O) groups is 1. The molecule has 0 fully saturated rings. The van der Waals surface area contributed by atoms with Gasteiger partial charge in [-0.3, -0.25) is 4.68 Å². The molecule has 3 rings (SSSR count). The molecule has 0 saturated carbocycles. The second-order valence-corrected chi connectivity index (χ2v) is 6.09. The summed E-state index contributed by atoms with van der Waals surface area (Å²) in [5.41, 5.74) is 4.31. The number of hydrogen-bond acceptors (Lipinski definition) is 4. The average Bonchev–Trinajstić information content (AvgIpc) is 3.17. The van der Waals surface area contributed by atoms with Crippen molar-refractivity contribution in [1.82, 2.24) is 20.1 Å². The molecule has 2 aromatic heterocycles. The highest BCUT2D eigenvalue weighted by Gasteiger charge is 2.13. The van der Waals surface area contributed by atoms with Gasteiger partial charge in [-0.1, -0.05) is 6.07 Å². The summed E-state index contributed by atoms with van der Waals surface area (Å²) in [5, 5.41) is 9.85. The Balaban J connectivity index is 1.71. The first kappa shape index (κ1) is 16.8. The van der Waals surface area contributed by atoms with Gasteiger partial charge in [-0.05, 0) is 38.5 Å². The smallest absolute Gasteiger partial charge is 0.319 e. The second-order valence-electron chi connectivity index (χ2n) is 6.09. The summed E-state index contributed by atoms with van der Waals surface area (Å²) in [7, 11) is 1.84. The fraction of sp³-hybridized carbons (Fsp3) is 0.278. The predicted octanol–water partition coefficient (Wildman–Crippen LogP) is 3.57. The molecule has 0 aliphatic carbocycles. The Bertz CT molecular complexity index is 897. The minimum atomic E-state index is -0.283. The molecule has 0 saturated heterocycles. The summed E-state index contributed by atoms with van der Waals surface area (Å²) in [6.07, 6.45) is 5.22. The number of hydrogen-bond donors (Lipinski definition) is 2. The number of amides is 2. The van der Waals surface area contributed by atoms with Crippen LogP contribution in [0.15, 0.2) is 41.3 Å². The molecule has 0 aliphatic heterocycles. The van der Waals surface area contributed by atoms with Crippen LogP contribution in [0.1, 0.15) is 29.8 Å². The van der Waals surface area contributed by atoms with Crippen molar-refractivity contribution in [3.05, 3.63) is 53.7 Å². The van der Waals surface area contributed by atoms with Crippen LogP contribution in [0.4, 0.5) is 10.5 Å². The number of carbonyl (C=O) groups excluding carboxylic acids is 1. The molecule has 2 amide bonds. The van der Waals surface area contributed by atoms with E-state index in [0.717, 1.165) is 22.4 Å². The number of benzene rings is 1. The highest BCUT2D eigenvalue weighted by molar-refractivity contribution is 5.90. The Morgan fingerprint density at radius 3 is 2.76 bits per heavy atom. The maximum atomic E-state index is 12.3. The first-order valence-corrected chi connectivity index (χ1v) is 8.01. The zero-order valence-corrected chi connectivity index (χ0v) is 14.7. The number of urea groups is 1. The number of oxazole rings is 1. The van der Waals surface area contributed by atoms with E-state index in [4.69, 9.17) is 4.42 Å². The fourth-order valence-electron chi connectivity index (χ4n) is 2.52. The second kappa shape index (κ2) is 6.80. The Hall–Kier alpha value is -3.09. The van der Waals surface area contributed by atoms with Gasteiger partial charge in [-0.2, -0.15) is 5.10 Å². The summed E-state index contributed by atoms with van der Waals surface area (Å²) in [6.45, 7) is 5.76. The SMILES string of the molecule is Cc1coc(-c2cc(NC(=O)N[C@H](C)c3cnn(C)c3)ccc2C)n1. The lowest BCUT2D eigenvalue weighted by atomic mass is 10.1. The van der Waals surface area contributed by atoms with Gasteiger partial charge >= 0.3 is 6.03 Å². The molecule has 7 heteroatoms. The highest BCUT2D eigenvalue weighted by atomic mass is 16.3. The van der Waals surface area contributed by atoms with Crippen molar-refractivity contribution < 1.29 is 9.21 Å². The molecule has 2 heterocycles. The van der Waals surface area contributed by atoms with E-state index in [1.165, 1.54) is 0 Å².